The zero-order valence-corrected chi connectivity index (χ0v) is 21.2. The number of ether oxygens (including phenoxy) is 2. The molecular formula is C23H35ClN4O5. The average Bonchev–Trinajstić information content (AvgIpc) is 2.63. The fourth-order valence-corrected chi connectivity index (χ4v) is 3.68. The topological polar surface area (TPSA) is 123 Å². The number of rotatable bonds is 3. The molecule has 4 N–H and O–H groups in total. The number of nitrogens with zero attached hydrogens (tertiary/aromatic N) is 1. The molecule has 0 aromatic heterocycles. The summed E-state index contributed by atoms with van der Waals surface area (Å²) in [5.41, 5.74) is 4.87. The van der Waals surface area contributed by atoms with Gasteiger partial charge in [0, 0.05) is 18.1 Å². The van der Waals surface area contributed by atoms with E-state index in [2.05, 4.69) is 10.6 Å². The van der Waals surface area contributed by atoms with Gasteiger partial charge in [-0.3, -0.25) is 4.79 Å². The van der Waals surface area contributed by atoms with Crippen molar-refractivity contribution in [1.29, 1.82) is 0 Å². The first kappa shape index (κ1) is 26.6. The standard InChI is InChI=1S/C23H35ClN4O5/c1-14-12-15(24)13-16(17(14)25)26-18(29)23(27-19(30)32-21(2,3)4)8-10-28(11-9-23)20(31)33-22(5,6)7/h12-13H,8-11,25H2,1-7H3,(H,26,29)(H,27,30). The van der Waals surface area contributed by atoms with Crippen molar-refractivity contribution in [1.82, 2.24) is 10.2 Å². The molecule has 0 saturated carbocycles. The number of hydrogen-bond acceptors (Lipinski definition) is 6. The van der Waals surface area contributed by atoms with Crippen LogP contribution in [0.25, 0.3) is 0 Å². The minimum absolute atomic E-state index is 0.163. The van der Waals surface area contributed by atoms with E-state index in [1.807, 2.05) is 0 Å². The second-order valence-electron chi connectivity index (χ2n) is 10.3. The highest BCUT2D eigenvalue weighted by Crippen LogP contribution is 2.31. The van der Waals surface area contributed by atoms with Gasteiger partial charge in [0.05, 0.1) is 11.4 Å². The Labute approximate surface area is 200 Å². The molecule has 1 heterocycles. The van der Waals surface area contributed by atoms with E-state index in [0.717, 1.165) is 0 Å². The Balaban J connectivity index is 2.26. The van der Waals surface area contributed by atoms with E-state index in [9.17, 15) is 14.4 Å². The third-order valence-corrected chi connectivity index (χ3v) is 5.26. The number of amides is 3. The molecule has 0 unspecified atom stereocenters. The van der Waals surface area contributed by atoms with Crippen LogP contribution in [-0.4, -0.2) is 52.8 Å². The van der Waals surface area contributed by atoms with Crippen LogP contribution in [0.5, 0.6) is 0 Å². The van der Waals surface area contributed by atoms with Crippen LogP contribution in [0.15, 0.2) is 12.1 Å². The SMILES string of the molecule is Cc1cc(Cl)cc(NC(=O)C2(NC(=O)OC(C)(C)C)CCN(C(=O)OC(C)(C)C)CC2)c1N. The number of nitrogens with one attached hydrogen (secondary N) is 2. The van der Waals surface area contributed by atoms with Gasteiger partial charge in [-0.1, -0.05) is 11.6 Å². The predicted octanol–water partition coefficient (Wildman–Crippen LogP) is 4.46. The van der Waals surface area contributed by atoms with E-state index in [1.165, 1.54) is 4.90 Å². The number of aryl methyl sites for hydroxylation is 1. The molecule has 1 aliphatic heterocycles. The van der Waals surface area contributed by atoms with Crippen molar-refractivity contribution < 1.29 is 23.9 Å². The van der Waals surface area contributed by atoms with Gasteiger partial charge < -0.3 is 30.7 Å². The Bertz CT molecular complexity index is 913. The van der Waals surface area contributed by atoms with Crippen LogP contribution in [0.3, 0.4) is 0 Å². The normalized spacial score (nSPS) is 16.1. The summed E-state index contributed by atoms with van der Waals surface area (Å²) in [6.45, 7) is 12.8. The molecule has 1 fully saturated rings. The van der Waals surface area contributed by atoms with Crippen molar-refractivity contribution in [3.05, 3.63) is 22.7 Å². The smallest absolute Gasteiger partial charge is 0.410 e. The molecular weight excluding hydrogens is 448 g/mol. The van der Waals surface area contributed by atoms with Gasteiger partial charge in [0.25, 0.3) is 0 Å². The highest BCUT2D eigenvalue weighted by Gasteiger charge is 2.45. The van der Waals surface area contributed by atoms with Crippen molar-refractivity contribution in [3.8, 4) is 0 Å². The Kier molecular flexibility index (Phi) is 7.78. The number of carbonyl (C=O) groups is 3. The van der Waals surface area contributed by atoms with Crippen molar-refractivity contribution in [2.75, 3.05) is 24.1 Å². The highest BCUT2D eigenvalue weighted by atomic mass is 35.5. The van der Waals surface area contributed by atoms with Gasteiger partial charge in [-0.25, -0.2) is 9.59 Å². The maximum atomic E-state index is 13.5. The summed E-state index contributed by atoms with van der Waals surface area (Å²) in [6.07, 6.45) is -0.866. The lowest BCUT2D eigenvalue weighted by Crippen LogP contribution is -2.63. The number of hydrogen-bond donors (Lipinski definition) is 3. The molecule has 10 heteroatoms. The molecule has 9 nitrogen and oxygen atoms in total. The monoisotopic (exact) mass is 482 g/mol. The summed E-state index contributed by atoms with van der Waals surface area (Å²) in [7, 11) is 0. The zero-order valence-electron chi connectivity index (χ0n) is 20.4. The minimum Gasteiger partial charge on any atom is -0.444 e. The quantitative estimate of drug-likeness (QED) is 0.546. The summed E-state index contributed by atoms with van der Waals surface area (Å²) in [4.78, 5) is 40.1. The molecule has 0 radical (unpaired) electrons. The summed E-state index contributed by atoms with van der Waals surface area (Å²) in [6, 6.07) is 3.25. The number of nitrogens with two attached hydrogens (primary N) is 1. The Morgan fingerprint density at radius 3 is 2.09 bits per heavy atom. The minimum atomic E-state index is -1.32. The van der Waals surface area contributed by atoms with Crippen LogP contribution in [0.1, 0.15) is 59.9 Å². The van der Waals surface area contributed by atoms with E-state index in [-0.39, 0.29) is 25.9 Å². The lowest BCUT2D eigenvalue weighted by Gasteiger charge is -2.41. The number of nitrogen functional groups attached to an aromatic ring is 1. The fourth-order valence-electron chi connectivity index (χ4n) is 3.40. The van der Waals surface area contributed by atoms with Gasteiger partial charge in [0.1, 0.15) is 16.7 Å². The Morgan fingerprint density at radius 1 is 1.03 bits per heavy atom. The van der Waals surface area contributed by atoms with Crippen LogP contribution in [0.2, 0.25) is 5.02 Å². The number of carbonyl (C=O) groups excluding carboxylic acids is 3. The molecule has 0 spiro atoms. The van der Waals surface area contributed by atoms with Gasteiger partial charge in [0.15, 0.2) is 0 Å². The number of likely N-dealkylation sites (tertiary alicyclic amines) is 1. The van der Waals surface area contributed by atoms with Gasteiger partial charge in [-0.15, -0.1) is 0 Å². The number of halogens is 1. The molecule has 1 aliphatic rings. The maximum Gasteiger partial charge on any atom is 0.410 e. The van der Waals surface area contributed by atoms with Crippen molar-refractivity contribution in [3.63, 3.8) is 0 Å². The largest absolute Gasteiger partial charge is 0.444 e. The molecule has 2 rings (SSSR count). The van der Waals surface area contributed by atoms with Crippen LogP contribution in [-0.2, 0) is 14.3 Å². The number of anilines is 2. The van der Waals surface area contributed by atoms with Crippen molar-refractivity contribution >= 4 is 41.1 Å². The Hall–Kier alpha value is -2.68. The van der Waals surface area contributed by atoms with E-state index in [1.54, 1.807) is 60.6 Å². The van der Waals surface area contributed by atoms with Gasteiger partial charge in [-0.2, -0.15) is 0 Å². The second-order valence-corrected chi connectivity index (χ2v) is 10.8. The molecule has 0 aliphatic carbocycles. The molecule has 0 bridgehead atoms. The van der Waals surface area contributed by atoms with Crippen LogP contribution in [0, 0.1) is 6.92 Å². The van der Waals surface area contributed by atoms with Crippen molar-refractivity contribution in [2.24, 2.45) is 0 Å². The molecule has 0 atom stereocenters. The lowest BCUT2D eigenvalue weighted by molar-refractivity contribution is -0.124. The fraction of sp³-hybridized carbons (Fsp3) is 0.609. The lowest BCUT2D eigenvalue weighted by atomic mass is 9.86. The van der Waals surface area contributed by atoms with Gasteiger partial charge in [0.2, 0.25) is 5.91 Å². The molecule has 1 aromatic rings. The number of alkyl carbamates (subject to hydrolysis) is 1. The Morgan fingerprint density at radius 2 is 1.58 bits per heavy atom. The summed E-state index contributed by atoms with van der Waals surface area (Å²) in [5.74, 6) is -0.467. The van der Waals surface area contributed by atoms with Crippen LogP contribution >= 0.6 is 11.6 Å². The van der Waals surface area contributed by atoms with E-state index < -0.39 is 34.8 Å². The summed E-state index contributed by atoms with van der Waals surface area (Å²) >= 11 is 6.14. The van der Waals surface area contributed by atoms with Crippen molar-refractivity contribution in [2.45, 2.75) is 78.0 Å². The number of benzene rings is 1. The maximum absolute atomic E-state index is 13.5. The summed E-state index contributed by atoms with van der Waals surface area (Å²) < 4.78 is 10.8. The van der Waals surface area contributed by atoms with Crippen LogP contribution in [0.4, 0.5) is 21.0 Å². The van der Waals surface area contributed by atoms with Crippen LogP contribution < -0.4 is 16.4 Å². The van der Waals surface area contributed by atoms with E-state index in [4.69, 9.17) is 26.8 Å². The summed E-state index contributed by atoms with van der Waals surface area (Å²) in [5, 5.41) is 5.96. The third-order valence-electron chi connectivity index (χ3n) is 5.04. The first-order chi connectivity index (χ1) is 15.0. The van der Waals surface area contributed by atoms with E-state index >= 15 is 0 Å². The molecule has 33 heavy (non-hydrogen) atoms. The van der Waals surface area contributed by atoms with Gasteiger partial charge >= 0.3 is 12.2 Å². The second kappa shape index (κ2) is 9.67. The molecule has 1 aromatic carbocycles. The molecule has 184 valence electrons. The predicted molar refractivity (Wildman–Crippen MR) is 128 cm³/mol. The first-order valence-corrected chi connectivity index (χ1v) is 11.3. The first-order valence-electron chi connectivity index (χ1n) is 10.9. The molecule has 3 amide bonds. The third kappa shape index (κ3) is 7.42. The zero-order chi connectivity index (χ0) is 25.2. The van der Waals surface area contributed by atoms with Gasteiger partial charge in [-0.05, 0) is 79.0 Å². The average molecular weight is 483 g/mol. The highest BCUT2D eigenvalue weighted by molar-refractivity contribution is 6.31. The number of piperidine rings is 1. The molecule has 1 saturated heterocycles. The van der Waals surface area contributed by atoms with E-state index in [0.29, 0.717) is 22.0 Å².